The van der Waals surface area contributed by atoms with Gasteiger partial charge >= 0.3 is 5.97 Å². The Morgan fingerprint density at radius 3 is 2.70 bits per heavy atom. The van der Waals surface area contributed by atoms with E-state index >= 15 is 0 Å². The van der Waals surface area contributed by atoms with Gasteiger partial charge in [0.15, 0.2) is 0 Å². The molecule has 0 aliphatic rings. The van der Waals surface area contributed by atoms with Crippen LogP contribution in [0.1, 0.15) is 36.4 Å². The normalized spacial score (nSPS) is 11.7. The van der Waals surface area contributed by atoms with E-state index in [-0.39, 0.29) is 29.7 Å². The average molecular weight is 396 g/mol. The van der Waals surface area contributed by atoms with E-state index in [1.165, 1.54) is 18.4 Å². The summed E-state index contributed by atoms with van der Waals surface area (Å²) in [5.41, 5.74) is 0.177. The number of carboxylic acid groups (broad SMARTS) is 1. The highest BCUT2D eigenvalue weighted by molar-refractivity contribution is 7.89. The van der Waals surface area contributed by atoms with Crippen molar-refractivity contribution in [1.82, 2.24) is 4.72 Å². The van der Waals surface area contributed by atoms with E-state index in [2.05, 4.69) is 10.0 Å². The Morgan fingerprint density at radius 1 is 1.30 bits per heavy atom. The molecule has 0 radical (unpaired) electrons. The van der Waals surface area contributed by atoms with Crippen molar-refractivity contribution in [2.24, 2.45) is 0 Å². The van der Waals surface area contributed by atoms with E-state index in [0.717, 1.165) is 6.07 Å². The van der Waals surface area contributed by atoms with Gasteiger partial charge < -0.3 is 19.6 Å². The van der Waals surface area contributed by atoms with Gasteiger partial charge in [0, 0.05) is 18.8 Å². The molecule has 2 aromatic rings. The van der Waals surface area contributed by atoms with Crippen LogP contribution in [0.2, 0.25) is 0 Å². The highest BCUT2D eigenvalue weighted by Gasteiger charge is 2.19. The van der Waals surface area contributed by atoms with Crippen LogP contribution in [0.4, 0.5) is 5.69 Å². The van der Waals surface area contributed by atoms with E-state index in [1.807, 2.05) is 13.8 Å². The molecule has 0 atom stereocenters. The number of rotatable bonds is 11. The standard InChI is InChI=1S/C18H24N2O6S/c1-13(2)25-10-4-8-20-27(23,24)15-6-7-17(16(11-15)18(21)22)19-12-14-5-3-9-26-14/h3,5-7,9,11,13,19-20H,4,8,10,12H2,1-2H3,(H,21,22). The van der Waals surface area contributed by atoms with Gasteiger partial charge in [-0.1, -0.05) is 0 Å². The summed E-state index contributed by atoms with van der Waals surface area (Å²) < 4.78 is 37.8. The largest absolute Gasteiger partial charge is 0.478 e. The van der Waals surface area contributed by atoms with Gasteiger partial charge in [-0.15, -0.1) is 0 Å². The van der Waals surface area contributed by atoms with Crippen LogP contribution in [-0.4, -0.2) is 38.7 Å². The summed E-state index contributed by atoms with van der Waals surface area (Å²) in [5.74, 6) is -0.590. The van der Waals surface area contributed by atoms with E-state index in [0.29, 0.717) is 24.5 Å². The number of aromatic carboxylic acids is 1. The predicted molar refractivity (Wildman–Crippen MR) is 100 cm³/mol. The van der Waals surface area contributed by atoms with Crippen LogP contribution in [0.5, 0.6) is 0 Å². The minimum atomic E-state index is -3.81. The Kier molecular flexibility index (Phi) is 7.40. The van der Waals surface area contributed by atoms with Crippen molar-refractivity contribution in [3.63, 3.8) is 0 Å². The number of carboxylic acids is 1. The van der Waals surface area contributed by atoms with Crippen molar-refractivity contribution in [3.05, 3.63) is 47.9 Å². The number of benzene rings is 1. The van der Waals surface area contributed by atoms with Crippen molar-refractivity contribution in [2.45, 2.75) is 37.8 Å². The highest BCUT2D eigenvalue weighted by atomic mass is 32.2. The highest BCUT2D eigenvalue weighted by Crippen LogP contribution is 2.21. The van der Waals surface area contributed by atoms with Crippen molar-refractivity contribution in [2.75, 3.05) is 18.5 Å². The lowest BCUT2D eigenvalue weighted by Gasteiger charge is -2.12. The average Bonchev–Trinajstić information content (AvgIpc) is 3.12. The van der Waals surface area contributed by atoms with Gasteiger partial charge in [-0.2, -0.15) is 0 Å². The number of sulfonamides is 1. The Morgan fingerprint density at radius 2 is 2.07 bits per heavy atom. The molecule has 1 aromatic heterocycles. The molecule has 8 nitrogen and oxygen atoms in total. The summed E-state index contributed by atoms with van der Waals surface area (Å²) >= 11 is 0. The molecular formula is C18H24N2O6S. The van der Waals surface area contributed by atoms with Crippen LogP contribution < -0.4 is 10.0 Å². The molecular weight excluding hydrogens is 372 g/mol. The van der Waals surface area contributed by atoms with E-state index in [4.69, 9.17) is 9.15 Å². The summed E-state index contributed by atoms with van der Waals surface area (Å²) in [7, 11) is -3.81. The number of hydrogen-bond acceptors (Lipinski definition) is 6. The molecule has 1 aromatic carbocycles. The molecule has 0 unspecified atom stereocenters. The fraction of sp³-hybridized carbons (Fsp3) is 0.389. The van der Waals surface area contributed by atoms with E-state index in [9.17, 15) is 18.3 Å². The maximum Gasteiger partial charge on any atom is 0.337 e. The summed E-state index contributed by atoms with van der Waals surface area (Å²) in [6.45, 7) is 4.73. The minimum Gasteiger partial charge on any atom is -0.478 e. The third-order valence-electron chi connectivity index (χ3n) is 3.63. The van der Waals surface area contributed by atoms with Crippen molar-refractivity contribution in [3.8, 4) is 0 Å². The van der Waals surface area contributed by atoms with Gasteiger partial charge in [0.1, 0.15) is 5.76 Å². The third kappa shape index (κ3) is 6.38. The molecule has 0 aliphatic carbocycles. The van der Waals surface area contributed by atoms with Gasteiger partial charge in [0.05, 0.1) is 29.4 Å². The molecule has 0 spiro atoms. The second kappa shape index (κ2) is 9.54. The van der Waals surface area contributed by atoms with Gasteiger partial charge in [-0.05, 0) is 50.6 Å². The summed E-state index contributed by atoms with van der Waals surface area (Å²) in [4.78, 5) is 11.4. The maximum atomic E-state index is 12.4. The molecule has 1 heterocycles. The molecule has 0 amide bonds. The van der Waals surface area contributed by atoms with Crippen molar-refractivity contribution in [1.29, 1.82) is 0 Å². The fourth-order valence-corrected chi connectivity index (χ4v) is 3.40. The van der Waals surface area contributed by atoms with Crippen LogP contribution >= 0.6 is 0 Å². The van der Waals surface area contributed by atoms with E-state index < -0.39 is 16.0 Å². The number of carbonyl (C=O) groups is 1. The molecule has 0 bridgehead atoms. The van der Waals surface area contributed by atoms with Gasteiger partial charge in [0.25, 0.3) is 0 Å². The summed E-state index contributed by atoms with van der Waals surface area (Å²) in [5, 5.41) is 12.4. The van der Waals surface area contributed by atoms with Gasteiger partial charge in [-0.25, -0.2) is 17.9 Å². The Balaban J connectivity index is 2.05. The molecule has 27 heavy (non-hydrogen) atoms. The monoisotopic (exact) mass is 396 g/mol. The predicted octanol–water partition coefficient (Wildman–Crippen LogP) is 2.68. The molecule has 0 saturated heterocycles. The van der Waals surface area contributed by atoms with Gasteiger partial charge in [0.2, 0.25) is 10.0 Å². The number of hydrogen-bond donors (Lipinski definition) is 3. The number of ether oxygens (including phenoxy) is 1. The minimum absolute atomic E-state index is 0.0842. The lowest BCUT2D eigenvalue weighted by Crippen LogP contribution is -2.26. The molecule has 9 heteroatoms. The quantitative estimate of drug-likeness (QED) is 0.500. The smallest absolute Gasteiger partial charge is 0.337 e. The Bertz CT molecular complexity index is 847. The molecule has 0 saturated carbocycles. The molecule has 0 fully saturated rings. The first kappa shape index (κ1) is 20.9. The Hall–Kier alpha value is -2.36. The van der Waals surface area contributed by atoms with Crippen LogP contribution in [0.25, 0.3) is 0 Å². The fourth-order valence-electron chi connectivity index (χ4n) is 2.30. The molecule has 3 N–H and O–H groups in total. The zero-order valence-electron chi connectivity index (χ0n) is 15.3. The Labute approximate surface area is 158 Å². The number of furan rings is 1. The van der Waals surface area contributed by atoms with Crippen LogP contribution in [0, 0.1) is 0 Å². The third-order valence-corrected chi connectivity index (χ3v) is 5.09. The molecule has 148 valence electrons. The van der Waals surface area contributed by atoms with Crippen LogP contribution in [0.15, 0.2) is 45.9 Å². The van der Waals surface area contributed by atoms with Crippen LogP contribution in [-0.2, 0) is 21.3 Å². The van der Waals surface area contributed by atoms with Crippen molar-refractivity contribution >= 4 is 21.7 Å². The number of anilines is 1. The van der Waals surface area contributed by atoms with Gasteiger partial charge in [-0.3, -0.25) is 0 Å². The lowest BCUT2D eigenvalue weighted by molar-refractivity contribution is 0.0697. The second-order valence-corrected chi connectivity index (χ2v) is 7.88. The zero-order valence-corrected chi connectivity index (χ0v) is 16.1. The van der Waals surface area contributed by atoms with Crippen molar-refractivity contribution < 1.29 is 27.5 Å². The van der Waals surface area contributed by atoms with E-state index in [1.54, 1.807) is 12.1 Å². The zero-order chi connectivity index (χ0) is 19.9. The number of nitrogens with one attached hydrogen (secondary N) is 2. The molecule has 2 rings (SSSR count). The first-order chi connectivity index (χ1) is 12.8. The molecule has 0 aliphatic heterocycles. The second-order valence-electron chi connectivity index (χ2n) is 6.12. The first-order valence-corrected chi connectivity index (χ1v) is 10.0. The topological polar surface area (TPSA) is 118 Å². The summed E-state index contributed by atoms with van der Waals surface area (Å²) in [6.07, 6.45) is 2.12. The van der Waals surface area contributed by atoms with Crippen LogP contribution in [0.3, 0.4) is 0 Å². The SMILES string of the molecule is CC(C)OCCCNS(=O)(=O)c1ccc(NCc2ccco2)c(C(=O)O)c1. The first-order valence-electron chi connectivity index (χ1n) is 8.54. The maximum absolute atomic E-state index is 12.4. The lowest BCUT2D eigenvalue weighted by atomic mass is 10.2. The summed E-state index contributed by atoms with van der Waals surface area (Å²) in [6, 6.07) is 7.41.